The second-order valence-corrected chi connectivity index (χ2v) is 5.79. The highest BCUT2D eigenvalue weighted by Gasteiger charge is 2.44. The molecule has 0 bridgehead atoms. The predicted octanol–water partition coefficient (Wildman–Crippen LogP) is 0.793. The molecule has 18 heavy (non-hydrogen) atoms. The van der Waals surface area contributed by atoms with E-state index in [9.17, 15) is 13.5 Å². The van der Waals surface area contributed by atoms with Crippen molar-refractivity contribution >= 4 is 15.2 Å². The normalized spacial score (nSPS) is 19.9. The number of hydrogen-bond donors (Lipinski definition) is 1. The summed E-state index contributed by atoms with van der Waals surface area (Å²) in [6, 6.07) is 1.69. The molecule has 6 heteroatoms. The van der Waals surface area contributed by atoms with Crippen LogP contribution in [0.3, 0.4) is 0 Å². The summed E-state index contributed by atoms with van der Waals surface area (Å²) >= 11 is 0. The van der Waals surface area contributed by atoms with Crippen LogP contribution in [-0.4, -0.2) is 34.0 Å². The molecule has 1 aliphatic rings. The van der Waals surface area contributed by atoms with Crippen LogP contribution in [0.1, 0.15) is 38.3 Å². The van der Waals surface area contributed by atoms with Crippen LogP contribution in [0.25, 0.3) is 0 Å². The second kappa shape index (κ2) is 4.78. The zero-order chi connectivity index (χ0) is 13.3. The molecular formula is C12H16N2O3S. The van der Waals surface area contributed by atoms with Crippen LogP contribution in [0.15, 0.2) is 18.6 Å². The van der Waals surface area contributed by atoms with Gasteiger partial charge in [-0.25, -0.2) is 9.97 Å². The zero-order valence-corrected chi connectivity index (χ0v) is 11.2. The fourth-order valence-electron chi connectivity index (χ4n) is 2.12. The van der Waals surface area contributed by atoms with Crippen LogP contribution in [0.2, 0.25) is 0 Å². The van der Waals surface area contributed by atoms with Crippen molar-refractivity contribution in [2.75, 3.05) is 0 Å². The van der Waals surface area contributed by atoms with Gasteiger partial charge in [-0.3, -0.25) is 0 Å². The van der Waals surface area contributed by atoms with Crippen molar-refractivity contribution in [2.24, 2.45) is 5.92 Å². The van der Waals surface area contributed by atoms with Gasteiger partial charge in [-0.05, 0) is 31.7 Å². The molecule has 1 aliphatic carbocycles. The maximum absolute atomic E-state index is 11.3. The standard InChI is InChI=1S/C12H16N2O3S/c1-8(10-5-6-13-7-14-10)12(2,15)11(18(16)17)9-3-4-9/h5-9,15H,3-4H2,1-2H3. The Bertz CT molecular complexity index is 554. The summed E-state index contributed by atoms with van der Waals surface area (Å²) in [5.74, 6) is -0.406. The van der Waals surface area contributed by atoms with E-state index < -0.39 is 21.8 Å². The Morgan fingerprint density at radius 1 is 1.56 bits per heavy atom. The summed E-state index contributed by atoms with van der Waals surface area (Å²) in [6.45, 7) is 3.32. The Balaban J connectivity index is 2.39. The summed E-state index contributed by atoms with van der Waals surface area (Å²) in [6.07, 6.45) is 4.64. The van der Waals surface area contributed by atoms with Gasteiger partial charge in [0.25, 0.3) is 0 Å². The van der Waals surface area contributed by atoms with Crippen LogP contribution in [0.4, 0.5) is 0 Å². The molecule has 1 heterocycles. The summed E-state index contributed by atoms with van der Waals surface area (Å²) in [5, 5.41) is 10.6. The molecule has 1 N–H and O–H groups in total. The van der Waals surface area contributed by atoms with Crippen molar-refractivity contribution in [3.05, 3.63) is 24.3 Å². The molecule has 2 atom stereocenters. The van der Waals surface area contributed by atoms with Gasteiger partial charge in [-0.1, -0.05) is 6.92 Å². The summed E-state index contributed by atoms with van der Waals surface area (Å²) in [7, 11) is -2.36. The summed E-state index contributed by atoms with van der Waals surface area (Å²) in [5.41, 5.74) is -0.763. The van der Waals surface area contributed by atoms with Gasteiger partial charge < -0.3 is 5.11 Å². The maximum atomic E-state index is 11.3. The van der Waals surface area contributed by atoms with E-state index in [1.54, 1.807) is 26.1 Å². The Labute approximate surface area is 107 Å². The van der Waals surface area contributed by atoms with Gasteiger partial charge in [0.2, 0.25) is 10.3 Å². The van der Waals surface area contributed by atoms with E-state index in [2.05, 4.69) is 9.97 Å². The van der Waals surface area contributed by atoms with E-state index in [-0.39, 0.29) is 10.8 Å². The molecule has 0 aliphatic heterocycles. The Morgan fingerprint density at radius 2 is 2.22 bits per heavy atom. The van der Waals surface area contributed by atoms with Gasteiger partial charge >= 0.3 is 0 Å². The van der Waals surface area contributed by atoms with Crippen molar-refractivity contribution in [3.63, 3.8) is 0 Å². The monoisotopic (exact) mass is 268 g/mol. The van der Waals surface area contributed by atoms with Crippen molar-refractivity contribution in [1.29, 1.82) is 0 Å². The van der Waals surface area contributed by atoms with E-state index >= 15 is 0 Å². The largest absolute Gasteiger partial charge is 0.384 e. The van der Waals surface area contributed by atoms with E-state index in [1.165, 1.54) is 6.33 Å². The van der Waals surface area contributed by atoms with Gasteiger partial charge in [0.15, 0.2) is 0 Å². The van der Waals surface area contributed by atoms with E-state index in [1.807, 2.05) is 0 Å². The first-order valence-corrected chi connectivity index (χ1v) is 6.97. The Kier molecular flexibility index (Phi) is 3.49. The van der Waals surface area contributed by atoms with Crippen LogP contribution < -0.4 is 0 Å². The lowest BCUT2D eigenvalue weighted by molar-refractivity contribution is 0.105. The topological polar surface area (TPSA) is 80.2 Å². The maximum Gasteiger partial charge on any atom is 0.216 e. The van der Waals surface area contributed by atoms with Crippen molar-refractivity contribution in [1.82, 2.24) is 9.97 Å². The first-order chi connectivity index (χ1) is 8.44. The molecule has 0 spiro atoms. The lowest BCUT2D eigenvalue weighted by Gasteiger charge is -2.30. The molecule has 2 unspecified atom stereocenters. The van der Waals surface area contributed by atoms with E-state index in [4.69, 9.17) is 0 Å². The summed E-state index contributed by atoms with van der Waals surface area (Å²) in [4.78, 5) is 8.10. The van der Waals surface area contributed by atoms with Crippen LogP contribution in [-0.2, 0) is 10.3 Å². The van der Waals surface area contributed by atoms with E-state index in [0.29, 0.717) is 5.69 Å². The molecule has 0 radical (unpaired) electrons. The minimum atomic E-state index is -2.36. The first-order valence-electron chi connectivity index (χ1n) is 5.89. The molecule has 1 aromatic heterocycles. The first kappa shape index (κ1) is 13.2. The zero-order valence-electron chi connectivity index (χ0n) is 10.4. The smallest absolute Gasteiger partial charge is 0.216 e. The molecule has 0 amide bonds. The average Bonchev–Trinajstić information content (AvgIpc) is 3.13. The predicted molar refractivity (Wildman–Crippen MR) is 67.7 cm³/mol. The summed E-state index contributed by atoms with van der Waals surface area (Å²) < 4.78 is 22.7. The number of rotatable bonds is 4. The third kappa shape index (κ3) is 2.44. The minimum absolute atomic E-state index is 0.0115. The molecule has 98 valence electrons. The van der Waals surface area contributed by atoms with Crippen molar-refractivity contribution in [3.8, 4) is 0 Å². The molecule has 1 fully saturated rings. The fourth-order valence-corrected chi connectivity index (χ4v) is 3.14. The highest BCUT2D eigenvalue weighted by atomic mass is 32.2. The van der Waals surface area contributed by atoms with E-state index in [0.717, 1.165) is 12.8 Å². The van der Waals surface area contributed by atoms with Gasteiger partial charge in [-0.2, -0.15) is 8.42 Å². The lowest BCUT2D eigenvalue weighted by atomic mass is 9.83. The Morgan fingerprint density at radius 3 is 2.67 bits per heavy atom. The van der Waals surface area contributed by atoms with Gasteiger partial charge in [0.1, 0.15) is 11.9 Å². The SMILES string of the molecule is CC(c1ccncn1)C(C)(O)C(C1CC1)=S(=O)=O. The van der Waals surface area contributed by atoms with Crippen LogP contribution in [0.5, 0.6) is 0 Å². The number of aliphatic hydroxyl groups is 1. The van der Waals surface area contributed by atoms with Gasteiger partial charge in [-0.15, -0.1) is 0 Å². The highest BCUT2D eigenvalue weighted by Crippen LogP contribution is 2.39. The molecular weight excluding hydrogens is 252 g/mol. The van der Waals surface area contributed by atoms with Crippen LogP contribution in [0, 0.1) is 5.92 Å². The Hall–Kier alpha value is -1.27. The molecule has 5 nitrogen and oxygen atoms in total. The lowest BCUT2D eigenvalue weighted by Crippen LogP contribution is -2.42. The van der Waals surface area contributed by atoms with Gasteiger partial charge in [0, 0.05) is 17.8 Å². The third-order valence-corrected chi connectivity index (χ3v) is 4.62. The number of aromatic nitrogens is 2. The quantitative estimate of drug-likeness (QED) is 0.817. The minimum Gasteiger partial charge on any atom is -0.384 e. The second-order valence-electron chi connectivity index (χ2n) is 4.88. The molecule has 1 aromatic rings. The number of hydrogen-bond acceptors (Lipinski definition) is 5. The number of nitrogens with zero attached hydrogens (tertiary/aromatic N) is 2. The third-order valence-electron chi connectivity index (χ3n) is 3.52. The van der Waals surface area contributed by atoms with Crippen molar-refractivity contribution in [2.45, 2.75) is 38.2 Å². The van der Waals surface area contributed by atoms with Gasteiger partial charge in [0.05, 0.1) is 4.86 Å². The molecule has 2 rings (SSSR count). The molecule has 1 saturated carbocycles. The fraction of sp³-hybridized carbons (Fsp3) is 0.583. The average molecular weight is 268 g/mol. The molecule has 0 aromatic carbocycles. The molecule has 0 saturated heterocycles. The van der Waals surface area contributed by atoms with Crippen LogP contribution >= 0.6 is 0 Å². The van der Waals surface area contributed by atoms with Crippen molar-refractivity contribution < 1.29 is 13.5 Å². The highest BCUT2D eigenvalue weighted by molar-refractivity contribution is 7.73.